The lowest BCUT2D eigenvalue weighted by Crippen LogP contribution is -1.98. The van der Waals surface area contributed by atoms with E-state index in [-0.39, 0.29) is 5.69 Å². The van der Waals surface area contributed by atoms with Crippen LogP contribution >= 0.6 is 22.6 Å². The Bertz CT molecular complexity index is 699. The second kappa shape index (κ2) is 4.20. The van der Waals surface area contributed by atoms with E-state index in [0.29, 0.717) is 11.0 Å². The predicted molar refractivity (Wildman–Crippen MR) is 76.0 cm³/mol. The molecular formula is C12H8FIN4. The van der Waals surface area contributed by atoms with Gasteiger partial charge in [-0.15, -0.1) is 10.2 Å². The van der Waals surface area contributed by atoms with Gasteiger partial charge in [-0.3, -0.25) is 0 Å². The SMILES string of the molecule is Nc1cc2nn(-c3cccc(I)c3)nc2cc1F. The van der Waals surface area contributed by atoms with Crippen LogP contribution in [0.15, 0.2) is 36.4 Å². The van der Waals surface area contributed by atoms with Gasteiger partial charge < -0.3 is 5.73 Å². The number of fused-ring (bicyclic) bond motifs is 1. The first-order valence-electron chi connectivity index (χ1n) is 5.21. The first-order chi connectivity index (χ1) is 8.63. The molecule has 0 aliphatic heterocycles. The van der Waals surface area contributed by atoms with Crippen LogP contribution in [0.4, 0.5) is 10.1 Å². The number of nitrogen functional groups attached to an aromatic ring is 1. The molecular weight excluding hydrogens is 346 g/mol. The number of nitrogens with zero attached hydrogens (tertiary/aromatic N) is 3. The molecule has 18 heavy (non-hydrogen) atoms. The van der Waals surface area contributed by atoms with E-state index in [1.165, 1.54) is 16.9 Å². The van der Waals surface area contributed by atoms with E-state index >= 15 is 0 Å². The quantitative estimate of drug-likeness (QED) is 0.540. The summed E-state index contributed by atoms with van der Waals surface area (Å²) in [5, 5.41) is 8.51. The van der Waals surface area contributed by atoms with E-state index in [9.17, 15) is 4.39 Å². The van der Waals surface area contributed by atoms with Crippen molar-refractivity contribution >= 4 is 39.3 Å². The van der Waals surface area contributed by atoms with Crippen LogP contribution in [0.25, 0.3) is 16.7 Å². The Hall–Kier alpha value is -1.70. The van der Waals surface area contributed by atoms with Gasteiger partial charge in [0.15, 0.2) is 0 Å². The van der Waals surface area contributed by atoms with Crippen LogP contribution in [-0.2, 0) is 0 Å². The van der Waals surface area contributed by atoms with Gasteiger partial charge in [0.1, 0.15) is 16.9 Å². The minimum atomic E-state index is -0.475. The number of hydrogen-bond acceptors (Lipinski definition) is 3. The molecule has 0 unspecified atom stereocenters. The second-order valence-corrected chi connectivity index (χ2v) is 5.08. The van der Waals surface area contributed by atoms with E-state index in [0.717, 1.165) is 9.26 Å². The molecule has 0 fully saturated rings. The lowest BCUT2D eigenvalue weighted by molar-refractivity contribution is 0.634. The van der Waals surface area contributed by atoms with Gasteiger partial charge >= 0.3 is 0 Å². The highest BCUT2D eigenvalue weighted by Gasteiger charge is 2.08. The molecule has 0 saturated carbocycles. The molecule has 0 aliphatic rings. The number of halogens is 2. The van der Waals surface area contributed by atoms with E-state index in [1.54, 1.807) is 0 Å². The molecule has 0 spiro atoms. The first-order valence-corrected chi connectivity index (χ1v) is 6.29. The third kappa shape index (κ3) is 1.92. The summed E-state index contributed by atoms with van der Waals surface area (Å²) in [6.07, 6.45) is 0. The Morgan fingerprint density at radius 2 is 1.83 bits per heavy atom. The normalized spacial score (nSPS) is 11.0. The van der Waals surface area contributed by atoms with Gasteiger partial charge in [0.05, 0.1) is 11.4 Å². The molecule has 90 valence electrons. The molecule has 0 bridgehead atoms. The molecule has 3 aromatic rings. The van der Waals surface area contributed by atoms with Crippen molar-refractivity contribution in [3.05, 3.63) is 45.8 Å². The van der Waals surface area contributed by atoms with E-state index in [4.69, 9.17) is 5.73 Å². The van der Waals surface area contributed by atoms with Crippen molar-refractivity contribution in [2.75, 3.05) is 5.73 Å². The fourth-order valence-electron chi connectivity index (χ4n) is 1.67. The van der Waals surface area contributed by atoms with Crippen LogP contribution in [-0.4, -0.2) is 15.0 Å². The monoisotopic (exact) mass is 354 g/mol. The van der Waals surface area contributed by atoms with Gasteiger partial charge in [-0.2, -0.15) is 4.80 Å². The van der Waals surface area contributed by atoms with Crippen LogP contribution in [0.1, 0.15) is 0 Å². The summed E-state index contributed by atoms with van der Waals surface area (Å²) in [5.41, 5.74) is 7.48. The maximum Gasteiger partial charge on any atom is 0.148 e. The maximum atomic E-state index is 13.3. The topological polar surface area (TPSA) is 56.7 Å². The number of rotatable bonds is 1. The minimum Gasteiger partial charge on any atom is -0.396 e. The molecule has 0 amide bonds. The summed E-state index contributed by atoms with van der Waals surface area (Å²) in [5.74, 6) is -0.475. The number of aromatic nitrogens is 3. The third-order valence-corrected chi connectivity index (χ3v) is 3.21. The van der Waals surface area contributed by atoms with Gasteiger partial charge in [-0.1, -0.05) is 6.07 Å². The molecule has 1 heterocycles. The van der Waals surface area contributed by atoms with Crippen molar-refractivity contribution in [3.8, 4) is 5.69 Å². The van der Waals surface area contributed by atoms with Crippen molar-refractivity contribution in [3.63, 3.8) is 0 Å². The van der Waals surface area contributed by atoms with Crippen molar-refractivity contribution in [1.29, 1.82) is 0 Å². The molecule has 2 N–H and O–H groups in total. The van der Waals surface area contributed by atoms with Crippen LogP contribution < -0.4 is 5.73 Å². The van der Waals surface area contributed by atoms with Gasteiger partial charge in [-0.05, 0) is 46.9 Å². The summed E-state index contributed by atoms with van der Waals surface area (Å²) < 4.78 is 14.4. The van der Waals surface area contributed by atoms with Crippen molar-refractivity contribution in [1.82, 2.24) is 15.0 Å². The number of hydrogen-bond donors (Lipinski definition) is 1. The Morgan fingerprint density at radius 3 is 2.56 bits per heavy atom. The van der Waals surface area contributed by atoms with Crippen LogP contribution in [0.3, 0.4) is 0 Å². The van der Waals surface area contributed by atoms with Gasteiger partial charge in [-0.25, -0.2) is 4.39 Å². The van der Waals surface area contributed by atoms with Crippen LogP contribution in [0, 0.1) is 9.39 Å². The Morgan fingerprint density at radius 1 is 1.11 bits per heavy atom. The summed E-state index contributed by atoms with van der Waals surface area (Å²) in [6.45, 7) is 0. The lowest BCUT2D eigenvalue weighted by Gasteiger charge is -1.98. The zero-order valence-corrected chi connectivity index (χ0v) is 11.3. The summed E-state index contributed by atoms with van der Waals surface area (Å²) in [4.78, 5) is 1.48. The van der Waals surface area contributed by atoms with Gasteiger partial charge in [0.2, 0.25) is 0 Å². The average Bonchev–Trinajstić information content (AvgIpc) is 2.73. The molecule has 0 aliphatic carbocycles. The third-order valence-electron chi connectivity index (χ3n) is 2.54. The Balaban J connectivity index is 2.19. The standard InChI is InChI=1S/C12H8FIN4/c13-9-5-11-12(6-10(9)15)17-18(16-11)8-3-1-2-7(14)4-8/h1-6H,15H2. The maximum absolute atomic E-state index is 13.3. The summed E-state index contributed by atoms with van der Waals surface area (Å²) in [7, 11) is 0. The summed E-state index contributed by atoms with van der Waals surface area (Å²) >= 11 is 2.21. The predicted octanol–water partition coefficient (Wildman–Crippen LogP) is 2.75. The fourth-order valence-corrected chi connectivity index (χ4v) is 2.20. The van der Waals surface area contributed by atoms with Crippen molar-refractivity contribution in [2.45, 2.75) is 0 Å². The molecule has 4 nitrogen and oxygen atoms in total. The fraction of sp³-hybridized carbons (Fsp3) is 0. The molecule has 0 radical (unpaired) electrons. The molecule has 0 saturated heterocycles. The van der Waals surface area contributed by atoms with Crippen LogP contribution in [0.5, 0.6) is 0 Å². The number of nitrogens with two attached hydrogens (primary N) is 1. The first kappa shape index (κ1) is 11.4. The Kier molecular flexibility index (Phi) is 2.66. The minimum absolute atomic E-state index is 0.0807. The molecule has 1 aromatic heterocycles. The lowest BCUT2D eigenvalue weighted by atomic mass is 10.3. The molecule has 6 heteroatoms. The van der Waals surface area contributed by atoms with E-state index in [1.807, 2.05) is 24.3 Å². The van der Waals surface area contributed by atoms with E-state index in [2.05, 4.69) is 32.8 Å². The van der Waals surface area contributed by atoms with Crippen LogP contribution in [0.2, 0.25) is 0 Å². The highest BCUT2D eigenvalue weighted by Crippen LogP contribution is 2.19. The number of benzene rings is 2. The van der Waals surface area contributed by atoms with Gasteiger partial charge in [0.25, 0.3) is 0 Å². The zero-order chi connectivity index (χ0) is 12.7. The zero-order valence-electron chi connectivity index (χ0n) is 9.14. The molecule has 2 aromatic carbocycles. The second-order valence-electron chi connectivity index (χ2n) is 3.83. The Labute approximate surface area is 116 Å². The highest BCUT2D eigenvalue weighted by molar-refractivity contribution is 14.1. The van der Waals surface area contributed by atoms with Gasteiger partial charge in [0, 0.05) is 9.64 Å². The summed E-state index contributed by atoms with van der Waals surface area (Å²) in [6, 6.07) is 10.5. The van der Waals surface area contributed by atoms with Crippen molar-refractivity contribution in [2.24, 2.45) is 0 Å². The van der Waals surface area contributed by atoms with Crippen molar-refractivity contribution < 1.29 is 4.39 Å². The molecule has 3 rings (SSSR count). The highest BCUT2D eigenvalue weighted by atomic mass is 127. The smallest absolute Gasteiger partial charge is 0.148 e. The average molecular weight is 354 g/mol. The number of anilines is 1. The van der Waals surface area contributed by atoms with E-state index < -0.39 is 5.82 Å². The largest absolute Gasteiger partial charge is 0.396 e. The molecule has 0 atom stereocenters.